The molecule has 6 nitrogen and oxygen atoms in total. The van der Waals surface area contributed by atoms with Crippen LogP contribution in [0.2, 0.25) is 0 Å². The van der Waals surface area contributed by atoms with Gasteiger partial charge < -0.3 is 20.3 Å². The molecule has 0 aliphatic carbocycles. The van der Waals surface area contributed by atoms with E-state index in [1.165, 1.54) is 6.33 Å². The molecule has 2 rings (SSSR count). The summed E-state index contributed by atoms with van der Waals surface area (Å²) in [5.74, 6) is 2.13. The molecule has 2 N–H and O–H groups in total. The van der Waals surface area contributed by atoms with E-state index in [9.17, 15) is 0 Å². The summed E-state index contributed by atoms with van der Waals surface area (Å²) >= 11 is 0. The minimum Gasteiger partial charge on any atom is -0.490 e. The van der Waals surface area contributed by atoms with Crippen LogP contribution >= 0.6 is 0 Å². The van der Waals surface area contributed by atoms with Crippen LogP contribution in [0.15, 0.2) is 6.33 Å². The highest BCUT2D eigenvalue weighted by Gasteiger charge is 2.21. The number of anilines is 2. The highest BCUT2D eigenvalue weighted by atomic mass is 16.5. The number of hydrogen-bond donors (Lipinski definition) is 2. The maximum Gasteiger partial charge on any atom is 0.204 e. The van der Waals surface area contributed by atoms with E-state index in [0.29, 0.717) is 17.6 Å². The first kappa shape index (κ1) is 11.9. The number of nitrogens with one attached hydrogen (secondary N) is 2. The lowest BCUT2D eigenvalue weighted by Crippen LogP contribution is -2.24. The predicted octanol–water partition coefficient (Wildman–Crippen LogP) is 0.643. The Balaban J connectivity index is 2.14. The van der Waals surface area contributed by atoms with Crippen LogP contribution in [0.5, 0.6) is 5.75 Å². The Morgan fingerprint density at radius 2 is 2.18 bits per heavy atom. The van der Waals surface area contributed by atoms with Gasteiger partial charge >= 0.3 is 0 Å². The summed E-state index contributed by atoms with van der Waals surface area (Å²) in [5, 5.41) is 6.40. The van der Waals surface area contributed by atoms with Crippen molar-refractivity contribution in [2.24, 2.45) is 0 Å². The Morgan fingerprint density at radius 1 is 1.41 bits per heavy atom. The van der Waals surface area contributed by atoms with Crippen molar-refractivity contribution in [2.75, 3.05) is 44.9 Å². The summed E-state index contributed by atoms with van der Waals surface area (Å²) in [4.78, 5) is 10.7. The molecule has 1 aliphatic rings. The first-order chi connectivity index (χ1) is 8.24. The average Bonchev–Trinajstić information content (AvgIpc) is 2.74. The van der Waals surface area contributed by atoms with Gasteiger partial charge in [0.15, 0.2) is 11.6 Å². The van der Waals surface area contributed by atoms with Gasteiger partial charge in [0, 0.05) is 19.6 Å². The van der Waals surface area contributed by atoms with E-state index in [2.05, 4.69) is 32.5 Å². The molecule has 0 saturated carbocycles. The second-order valence-electron chi connectivity index (χ2n) is 4.25. The minimum atomic E-state index is 0.425. The molecule has 1 saturated heterocycles. The maximum atomic E-state index is 5.34. The van der Waals surface area contributed by atoms with Gasteiger partial charge in [0.2, 0.25) is 5.75 Å². The van der Waals surface area contributed by atoms with E-state index < -0.39 is 0 Å². The SMILES string of the molecule is CNc1ncnc(NC2CCN(C)C2)c1OC. The lowest BCUT2D eigenvalue weighted by atomic mass is 10.2. The smallest absolute Gasteiger partial charge is 0.204 e. The number of likely N-dealkylation sites (tertiary alicyclic amines) is 1. The molecule has 1 aromatic heterocycles. The molecule has 1 fully saturated rings. The first-order valence-electron chi connectivity index (χ1n) is 5.76. The van der Waals surface area contributed by atoms with Crippen LogP contribution in [-0.4, -0.2) is 55.2 Å². The zero-order chi connectivity index (χ0) is 12.3. The highest BCUT2D eigenvalue weighted by Crippen LogP contribution is 2.29. The fourth-order valence-electron chi connectivity index (χ4n) is 2.09. The van der Waals surface area contributed by atoms with Crippen molar-refractivity contribution in [1.82, 2.24) is 14.9 Å². The third-order valence-electron chi connectivity index (χ3n) is 2.98. The molecule has 2 heterocycles. The van der Waals surface area contributed by atoms with Crippen molar-refractivity contribution >= 4 is 11.6 Å². The number of likely N-dealkylation sites (N-methyl/N-ethyl adjacent to an activating group) is 1. The first-order valence-corrected chi connectivity index (χ1v) is 5.76. The largest absolute Gasteiger partial charge is 0.490 e. The average molecular weight is 237 g/mol. The second-order valence-corrected chi connectivity index (χ2v) is 4.25. The van der Waals surface area contributed by atoms with Crippen LogP contribution in [0.25, 0.3) is 0 Å². The molecule has 0 amide bonds. The Kier molecular flexibility index (Phi) is 3.63. The number of rotatable bonds is 4. The van der Waals surface area contributed by atoms with E-state index >= 15 is 0 Å². The number of hydrogen-bond acceptors (Lipinski definition) is 6. The van der Waals surface area contributed by atoms with Gasteiger partial charge in [-0.05, 0) is 20.0 Å². The molecule has 17 heavy (non-hydrogen) atoms. The fourth-order valence-corrected chi connectivity index (χ4v) is 2.09. The monoisotopic (exact) mass is 237 g/mol. The number of nitrogens with zero attached hydrogens (tertiary/aromatic N) is 3. The molecule has 1 atom stereocenters. The van der Waals surface area contributed by atoms with Crippen LogP contribution in [0.1, 0.15) is 6.42 Å². The van der Waals surface area contributed by atoms with Crippen molar-refractivity contribution in [3.63, 3.8) is 0 Å². The summed E-state index contributed by atoms with van der Waals surface area (Å²) < 4.78 is 5.34. The van der Waals surface area contributed by atoms with Crippen LogP contribution in [-0.2, 0) is 0 Å². The molecule has 1 unspecified atom stereocenters. The predicted molar refractivity (Wildman–Crippen MR) is 67.7 cm³/mol. The van der Waals surface area contributed by atoms with Crippen LogP contribution in [0.4, 0.5) is 11.6 Å². The van der Waals surface area contributed by atoms with Gasteiger partial charge in [-0.15, -0.1) is 0 Å². The van der Waals surface area contributed by atoms with Crippen molar-refractivity contribution in [2.45, 2.75) is 12.5 Å². The van der Waals surface area contributed by atoms with Crippen LogP contribution in [0, 0.1) is 0 Å². The van der Waals surface area contributed by atoms with Crippen molar-refractivity contribution in [1.29, 1.82) is 0 Å². The number of methoxy groups -OCH3 is 1. The normalized spacial score (nSPS) is 20.3. The third kappa shape index (κ3) is 2.58. The van der Waals surface area contributed by atoms with E-state index in [1.54, 1.807) is 7.11 Å². The van der Waals surface area contributed by atoms with Gasteiger partial charge in [-0.2, -0.15) is 0 Å². The van der Waals surface area contributed by atoms with E-state index in [1.807, 2.05) is 7.05 Å². The number of ether oxygens (including phenoxy) is 1. The zero-order valence-corrected chi connectivity index (χ0v) is 10.5. The summed E-state index contributed by atoms with van der Waals surface area (Å²) in [6.07, 6.45) is 2.66. The van der Waals surface area contributed by atoms with Gasteiger partial charge in [-0.25, -0.2) is 9.97 Å². The third-order valence-corrected chi connectivity index (χ3v) is 2.98. The van der Waals surface area contributed by atoms with Gasteiger partial charge in [-0.3, -0.25) is 0 Å². The molecule has 94 valence electrons. The van der Waals surface area contributed by atoms with Crippen LogP contribution in [0.3, 0.4) is 0 Å². The van der Waals surface area contributed by atoms with E-state index in [4.69, 9.17) is 4.74 Å². The highest BCUT2D eigenvalue weighted by molar-refractivity contribution is 5.63. The Labute approximate surface area is 101 Å². The van der Waals surface area contributed by atoms with Gasteiger partial charge in [0.1, 0.15) is 6.33 Å². The van der Waals surface area contributed by atoms with E-state index in [0.717, 1.165) is 25.3 Å². The Hall–Kier alpha value is -1.56. The summed E-state index contributed by atoms with van der Waals surface area (Å²) in [5.41, 5.74) is 0. The Bertz CT molecular complexity index is 384. The molecular weight excluding hydrogens is 218 g/mol. The second kappa shape index (κ2) is 5.18. The van der Waals surface area contributed by atoms with Gasteiger partial charge in [-0.1, -0.05) is 0 Å². The number of aromatic nitrogens is 2. The maximum absolute atomic E-state index is 5.34. The van der Waals surface area contributed by atoms with E-state index in [-0.39, 0.29) is 0 Å². The quantitative estimate of drug-likeness (QED) is 0.801. The lowest BCUT2D eigenvalue weighted by Gasteiger charge is -2.16. The van der Waals surface area contributed by atoms with Crippen molar-refractivity contribution in [3.8, 4) is 5.75 Å². The molecule has 0 spiro atoms. The van der Waals surface area contributed by atoms with Crippen molar-refractivity contribution < 1.29 is 4.74 Å². The standard InChI is InChI=1S/C11H19N5O/c1-12-10-9(17-3)11(14-7-13-10)15-8-4-5-16(2)6-8/h7-8H,4-6H2,1-3H3,(H2,12,13,14,15). The molecule has 6 heteroatoms. The molecule has 1 aliphatic heterocycles. The van der Waals surface area contributed by atoms with Crippen LogP contribution < -0.4 is 15.4 Å². The zero-order valence-electron chi connectivity index (χ0n) is 10.5. The Morgan fingerprint density at radius 3 is 2.76 bits per heavy atom. The summed E-state index contributed by atoms with van der Waals surface area (Å²) in [6.45, 7) is 2.14. The van der Waals surface area contributed by atoms with Crippen molar-refractivity contribution in [3.05, 3.63) is 6.33 Å². The van der Waals surface area contributed by atoms with Gasteiger partial charge in [0.05, 0.1) is 7.11 Å². The van der Waals surface area contributed by atoms with Gasteiger partial charge in [0.25, 0.3) is 0 Å². The molecule has 0 radical (unpaired) electrons. The fraction of sp³-hybridized carbons (Fsp3) is 0.636. The molecule has 0 bridgehead atoms. The summed E-state index contributed by atoms with van der Waals surface area (Å²) in [6, 6.07) is 0.425. The minimum absolute atomic E-state index is 0.425. The lowest BCUT2D eigenvalue weighted by molar-refractivity contribution is 0.409. The molecule has 0 aromatic carbocycles. The summed E-state index contributed by atoms with van der Waals surface area (Å²) in [7, 11) is 5.57. The topological polar surface area (TPSA) is 62.3 Å². The molecular formula is C11H19N5O. The molecule has 1 aromatic rings.